The summed E-state index contributed by atoms with van der Waals surface area (Å²) in [5.41, 5.74) is 1.80. The molecule has 0 N–H and O–H groups in total. The minimum Gasteiger partial charge on any atom is -0.243 e. The SMILES string of the molecule is Clc1ccc(/C=N/c2snc3ccccc23)c(Cl)c1. The van der Waals surface area contributed by atoms with Gasteiger partial charge in [-0.15, -0.1) is 0 Å². The number of nitrogens with zero attached hydrogens (tertiary/aromatic N) is 2. The maximum Gasteiger partial charge on any atom is 0.143 e. The smallest absolute Gasteiger partial charge is 0.143 e. The van der Waals surface area contributed by atoms with Crippen LogP contribution >= 0.6 is 34.7 Å². The van der Waals surface area contributed by atoms with Crippen molar-refractivity contribution in [2.45, 2.75) is 0 Å². The van der Waals surface area contributed by atoms with Crippen LogP contribution in [0.15, 0.2) is 47.5 Å². The lowest BCUT2D eigenvalue weighted by Gasteiger charge is -1.97. The Morgan fingerprint density at radius 3 is 2.79 bits per heavy atom. The van der Waals surface area contributed by atoms with Gasteiger partial charge in [0.15, 0.2) is 0 Å². The molecular weight excluding hydrogens is 299 g/mol. The molecule has 0 bridgehead atoms. The second-order valence-electron chi connectivity index (χ2n) is 3.93. The molecule has 5 heteroatoms. The van der Waals surface area contributed by atoms with Gasteiger partial charge in [-0.1, -0.05) is 41.4 Å². The van der Waals surface area contributed by atoms with Crippen molar-refractivity contribution in [1.29, 1.82) is 0 Å². The molecule has 2 nitrogen and oxygen atoms in total. The Kier molecular flexibility index (Phi) is 3.51. The van der Waals surface area contributed by atoms with Gasteiger partial charge in [-0.05, 0) is 35.8 Å². The highest BCUT2D eigenvalue weighted by Gasteiger charge is 2.03. The molecule has 0 aliphatic carbocycles. The van der Waals surface area contributed by atoms with E-state index in [0.29, 0.717) is 10.0 Å². The van der Waals surface area contributed by atoms with Crippen LogP contribution in [0.25, 0.3) is 10.9 Å². The zero-order valence-corrected chi connectivity index (χ0v) is 12.0. The van der Waals surface area contributed by atoms with Crippen LogP contribution < -0.4 is 0 Å². The van der Waals surface area contributed by atoms with Gasteiger partial charge in [0.25, 0.3) is 0 Å². The first-order valence-corrected chi connectivity index (χ1v) is 7.10. The van der Waals surface area contributed by atoms with Gasteiger partial charge < -0.3 is 0 Å². The molecule has 0 fully saturated rings. The largest absolute Gasteiger partial charge is 0.243 e. The molecule has 0 unspecified atom stereocenters. The number of aliphatic imine (C=N–C) groups is 1. The summed E-state index contributed by atoms with van der Waals surface area (Å²) in [6.45, 7) is 0. The Labute approximate surface area is 124 Å². The summed E-state index contributed by atoms with van der Waals surface area (Å²) in [5, 5.41) is 3.13. The van der Waals surface area contributed by atoms with E-state index in [1.54, 1.807) is 18.3 Å². The van der Waals surface area contributed by atoms with Crippen molar-refractivity contribution >= 4 is 56.9 Å². The van der Waals surface area contributed by atoms with E-state index in [9.17, 15) is 0 Å². The molecule has 0 saturated heterocycles. The number of fused-ring (bicyclic) bond motifs is 1. The second kappa shape index (κ2) is 5.29. The van der Waals surface area contributed by atoms with Crippen molar-refractivity contribution in [3.63, 3.8) is 0 Å². The van der Waals surface area contributed by atoms with Crippen LogP contribution in [0.4, 0.5) is 5.00 Å². The van der Waals surface area contributed by atoms with Gasteiger partial charge >= 0.3 is 0 Å². The molecule has 0 amide bonds. The first-order valence-electron chi connectivity index (χ1n) is 5.57. The monoisotopic (exact) mass is 306 g/mol. The van der Waals surface area contributed by atoms with Crippen LogP contribution in [0.5, 0.6) is 0 Å². The van der Waals surface area contributed by atoms with Gasteiger partial charge in [-0.2, -0.15) is 4.37 Å². The molecule has 1 heterocycles. The molecule has 0 radical (unpaired) electrons. The summed E-state index contributed by atoms with van der Waals surface area (Å²) in [6.07, 6.45) is 1.73. The Hall–Kier alpha value is -1.42. The van der Waals surface area contributed by atoms with Crippen molar-refractivity contribution < 1.29 is 0 Å². The van der Waals surface area contributed by atoms with Gasteiger partial charge in [0.1, 0.15) is 5.00 Å². The van der Waals surface area contributed by atoms with Gasteiger partial charge in [-0.25, -0.2) is 4.99 Å². The van der Waals surface area contributed by atoms with E-state index < -0.39 is 0 Å². The zero-order valence-electron chi connectivity index (χ0n) is 9.68. The summed E-state index contributed by atoms with van der Waals surface area (Å²) >= 11 is 13.3. The lowest BCUT2D eigenvalue weighted by Crippen LogP contribution is -1.81. The van der Waals surface area contributed by atoms with Crippen LogP contribution in [0.2, 0.25) is 10.0 Å². The summed E-state index contributed by atoms with van der Waals surface area (Å²) in [4.78, 5) is 4.46. The molecular formula is C14H8Cl2N2S. The third-order valence-electron chi connectivity index (χ3n) is 2.65. The van der Waals surface area contributed by atoms with Crippen molar-refractivity contribution in [3.8, 4) is 0 Å². The number of aromatic nitrogens is 1. The van der Waals surface area contributed by atoms with Crippen LogP contribution in [-0.4, -0.2) is 10.6 Å². The Morgan fingerprint density at radius 1 is 1.11 bits per heavy atom. The van der Waals surface area contributed by atoms with E-state index >= 15 is 0 Å². The van der Waals surface area contributed by atoms with Crippen LogP contribution in [0.1, 0.15) is 5.56 Å². The van der Waals surface area contributed by atoms with Crippen LogP contribution in [-0.2, 0) is 0 Å². The number of halogens is 2. The first kappa shape index (κ1) is 12.6. The van der Waals surface area contributed by atoms with Crippen LogP contribution in [0, 0.1) is 0 Å². The number of rotatable bonds is 2. The highest BCUT2D eigenvalue weighted by molar-refractivity contribution is 7.11. The van der Waals surface area contributed by atoms with E-state index in [2.05, 4.69) is 9.37 Å². The lowest BCUT2D eigenvalue weighted by molar-refractivity contribution is 1.62. The quantitative estimate of drug-likeness (QED) is 0.586. The van der Waals surface area contributed by atoms with E-state index in [-0.39, 0.29) is 0 Å². The Morgan fingerprint density at radius 2 is 1.95 bits per heavy atom. The topological polar surface area (TPSA) is 25.2 Å². The van der Waals surface area contributed by atoms with Crippen molar-refractivity contribution in [1.82, 2.24) is 4.37 Å². The molecule has 3 aromatic rings. The molecule has 1 aromatic heterocycles. The summed E-state index contributed by atoms with van der Waals surface area (Å²) < 4.78 is 4.34. The fourth-order valence-electron chi connectivity index (χ4n) is 1.70. The third-order valence-corrected chi connectivity index (χ3v) is 4.00. The van der Waals surface area contributed by atoms with E-state index in [1.807, 2.05) is 30.3 Å². The zero-order chi connectivity index (χ0) is 13.2. The van der Waals surface area contributed by atoms with E-state index in [0.717, 1.165) is 21.5 Å². The molecule has 94 valence electrons. The Bertz CT molecular complexity index is 765. The highest BCUT2D eigenvalue weighted by Crippen LogP contribution is 2.30. The third kappa shape index (κ3) is 2.63. The molecule has 19 heavy (non-hydrogen) atoms. The lowest BCUT2D eigenvalue weighted by atomic mass is 10.2. The highest BCUT2D eigenvalue weighted by atomic mass is 35.5. The molecule has 0 spiro atoms. The van der Waals surface area contributed by atoms with Gasteiger partial charge in [-0.3, -0.25) is 0 Å². The van der Waals surface area contributed by atoms with E-state index in [4.69, 9.17) is 23.2 Å². The summed E-state index contributed by atoms with van der Waals surface area (Å²) in [7, 11) is 0. The number of hydrogen-bond acceptors (Lipinski definition) is 3. The molecule has 0 aliphatic heterocycles. The van der Waals surface area contributed by atoms with Crippen molar-refractivity contribution in [2.24, 2.45) is 4.99 Å². The molecule has 3 rings (SSSR count). The molecule has 2 aromatic carbocycles. The molecule has 0 aliphatic rings. The number of hydrogen-bond donors (Lipinski definition) is 0. The van der Waals surface area contributed by atoms with Gasteiger partial charge in [0.2, 0.25) is 0 Å². The maximum absolute atomic E-state index is 6.10. The predicted molar refractivity (Wildman–Crippen MR) is 83.3 cm³/mol. The molecule has 0 atom stereocenters. The molecule has 0 saturated carbocycles. The summed E-state index contributed by atoms with van der Waals surface area (Å²) in [5.74, 6) is 0. The van der Waals surface area contributed by atoms with Crippen molar-refractivity contribution in [3.05, 3.63) is 58.1 Å². The number of benzene rings is 2. The minimum atomic E-state index is 0.588. The maximum atomic E-state index is 6.10. The standard InChI is InChI=1S/C14H8Cl2N2S/c15-10-6-5-9(12(16)7-10)8-17-14-11-3-1-2-4-13(11)18-19-14/h1-8H/b17-8+. The van der Waals surface area contributed by atoms with Gasteiger partial charge in [0, 0.05) is 22.2 Å². The Balaban J connectivity index is 1.98. The average molecular weight is 307 g/mol. The minimum absolute atomic E-state index is 0.588. The predicted octanol–water partition coefficient (Wildman–Crippen LogP) is 5.35. The average Bonchev–Trinajstić information content (AvgIpc) is 2.81. The fourth-order valence-corrected chi connectivity index (χ4v) is 2.88. The van der Waals surface area contributed by atoms with Crippen molar-refractivity contribution in [2.75, 3.05) is 0 Å². The van der Waals surface area contributed by atoms with E-state index in [1.165, 1.54) is 11.5 Å². The van der Waals surface area contributed by atoms with Crippen LogP contribution in [0.3, 0.4) is 0 Å². The normalized spacial score (nSPS) is 11.5. The summed E-state index contributed by atoms with van der Waals surface area (Å²) in [6, 6.07) is 13.3. The fraction of sp³-hybridized carbons (Fsp3) is 0. The first-order chi connectivity index (χ1) is 9.24. The second-order valence-corrected chi connectivity index (χ2v) is 5.52. The van der Waals surface area contributed by atoms with Gasteiger partial charge in [0.05, 0.1) is 10.5 Å².